The molecule has 21 heavy (non-hydrogen) atoms. The number of nitrogens with two attached hydrogens (primary N) is 1. The monoisotopic (exact) mass is 365 g/mol. The average Bonchev–Trinajstić information content (AvgIpc) is 2.31. The summed E-state index contributed by atoms with van der Waals surface area (Å²) in [6.07, 6.45) is 1.52. The van der Waals surface area contributed by atoms with Crippen LogP contribution in [0.4, 0.5) is 11.4 Å². The zero-order valence-electron chi connectivity index (χ0n) is 10.7. The average molecular weight is 367 g/mol. The van der Waals surface area contributed by atoms with Crippen LogP contribution >= 0.6 is 34.8 Å². The summed E-state index contributed by atoms with van der Waals surface area (Å²) in [5.74, 6) is 0. The topological polar surface area (TPSA) is 85.1 Å². The highest BCUT2D eigenvalue weighted by Crippen LogP contribution is 2.34. The van der Waals surface area contributed by atoms with Crippen molar-refractivity contribution in [2.75, 3.05) is 10.5 Å². The number of aryl methyl sites for hydroxylation is 1. The largest absolute Gasteiger partial charge is 0.399 e. The van der Waals surface area contributed by atoms with Crippen LogP contribution in [0, 0.1) is 6.92 Å². The van der Waals surface area contributed by atoms with Crippen LogP contribution < -0.4 is 10.5 Å². The summed E-state index contributed by atoms with van der Waals surface area (Å²) in [5, 5.41) is -0.139. The van der Waals surface area contributed by atoms with Gasteiger partial charge in [0.2, 0.25) is 0 Å². The van der Waals surface area contributed by atoms with E-state index in [-0.39, 0.29) is 31.5 Å². The summed E-state index contributed by atoms with van der Waals surface area (Å²) >= 11 is 17.7. The summed E-state index contributed by atoms with van der Waals surface area (Å²) in [6.45, 7) is 1.75. The number of nitrogen functional groups attached to an aromatic ring is 1. The Balaban J connectivity index is 2.51. The van der Waals surface area contributed by atoms with E-state index in [9.17, 15) is 8.42 Å². The molecule has 0 aliphatic heterocycles. The van der Waals surface area contributed by atoms with Crippen LogP contribution in [0.2, 0.25) is 15.2 Å². The second-order valence-corrected chi connectivity index (χ2v) is 7.06. The molecule has 2 aromatic rings. The molecule has 9 heteroatoms. The minimum absolute atomic E-state index is 0.0202. The molecule has 0 aliphatic rings. The lowest BCUT2D eigenvalue weighted by Gasteiger charge is -2.12. The molecule has 5 nitrogen and oxygen atoms in total. The Morgan fingerprint density at radius 3 is 2.29 bits per heavy atom. The summed E-state index contributed by atoms with van der Waals surface area (Å²) in [6, 6.07) is 4.15. The standard InChI is InChI=1S/C12H10Cl3N3O2S/c1-6-2-10(12(15)17-5-6)18-21(19,20)11-8(13)3-7(16)4-9(11)14/h2-5,18H,16H2,1H3. The fourth-order valence-electron chi connectivity index (χ4n) is 1.66. The van der Waals surface area contributed by atoms with Crippen molar-refractivity contribution in [3.8, 4) is 0 Å². The molecule has 2 rings (SSSR count). The summed E-state index contributed by atoms with van der Waals surface area (Å²) in [7, 11) is -4.02. The Kier molecular flexibility index (Phi) is 4.53. The highest BCUT2D eigenvalue weighted by molar-refractivity contribution is 7.93. The second-order valence-electron chi connectivity index (χ2n) is 4.27. The fourth-order valence-corrected chi connectivity index (χ4v) is 4.15. The van der Waals surface area contributed by atoms with Gasteiger partial charge in [-0.1, -0.05) is 34.8 Å². The van der Waals surface area contributed by atoms with Gasteiger partial charge in [0.05, 0.1) is 15.7 Å². The van der Waals surface area contributed by atoms with Crippen LogP contribution in [0.5, 0.6) is 0 Å². The Hall–Kier alpha value is -1.21. The summed E-state index contributed by atoms with van der Waals surface area (Å²) in [5.41, 5.74) is 6.70. The number of aromatic nitrogens is 1. The lowest BCUT2D eigenvalue weighted by atomic mass is 10.3. The highest BCUT2D eigenvalue weighted by Gasteiger charge is 2.23. The van der Waals surface area contributed by atoms with Crippen LogP contribution in [0.25, 0.3) is 0 Å². The lowest BCUT2D eigenvalue weighted by molar-refractivity contribution is 0.601. The number of halogens is 3. The maximum Gasteiger partial charge on any atom is 0.264 e. The summed E-state index contributed by atoms with van der Waals surface area (Å²) < 4.78 is 27.1. The smallest absolute Gasteiger partial charge is 0.264 e. The minimum Gasteiger partial charge on any atom is -0.399 e. The maximum atomic E-state index is 12.4. The Labute approximate surface area is 137 Å². The molecule has 0 radical (unpaired) electrons. The van der Waals surface area contributed by atoms with Gasteiger partial charge in [-0.05, 0) is 30.7 Å². The maximum absolute atomic E-state index is 12.4. The molecule has 0 amide bonds. The number of benzene rings is 1. The molecule has 0 bridgehead atoms. The van der Waals surface area contributed by atoms with Gasteiger partial charge in [0, 0.05) is 11.9 Å². The van der Waals surface area contributed by atoms with E-state index in [4.69, 9.17) is 40.5 Å². The number of sulfonamides is 1. The van der Waals surface area contributed by atoms with E-state index in [2.05, 4.69) is 9.71 Å². The minimum atomic E-state index is -4.02. The second kappa shape index (κ2) is 5.88. The first-order valence-electron chi connectivity index (χ1n) is 5.60. The molecule has 0 spiro atoms. The summed E-state index contributed by atoms with van der Waals surface area (Å²) in [4.78, 5) is 3.60. The molecule has 112 valence electrons. The quantitative estimate of drug-likeness (QED) is 0.640. The van der Waals surface area contributed by atoms with Crippen molar-refractivity contribution >= 4 is 56.2 Å². The van der Waals surface area contributed by atoms with Crippen molar-refractivity contribution in [3.05, 3.63) is 45.2 Å². The third-order valence-electron chi connectivity index (χ3n) is 2.51. The molecule has 1 heterocycles. The van der Waals surface area contributed by atoms with Gasteiger partial charge >= 0.3 is 0 Å². The number of nitrogens with zero attached hydrogens (tertiary/aromatic N) is 1. The van der Waals surface area contributed by atoms with Crippen molar-refractivity contribution in [1.29, 1.82) is 0 Å². The molecular formula is C12H10Cl3N3O2S. The predicted octanol–water partition coefficient (Wildman–Crippen LogP) is 3.73. The van der Waals surface area contributed by atoms with E-state index in [0.29, 0.717) is 0 Å². The fraction of sp³-hybridized carbons (Fsp3) is 0.0833. The van der Waals surface area contributed by atoms with E-state index in [1.165, 1.54) is 18.3 Å². The molecular weight excluding hydrogens is 357 g/mol. The van der Waals surface area contributed by atoms with Gasteiger partial charge in [-0.25, -0.2) is 13.4 Å². The van der Waals surface area contributed by atoms with Crippen LogP contribution in [-0.2, 0) is 10.0 Å². The normalized spacial score (nSPS) is 11.4. The van der Waals surface area contributed by atoms with Crippen LogP contribution in [0.1, 0.15) is 5.56 Å². The van der Waals surface area contributed by atoms with Gasteiger partial charge in [-0.3, -0.25) is 4.72 Å². The number of hydrogen-bond acceptors (Lipinski definition) is 4. The van der Waals surface area contributed by atoms with Crippen molar-refractivity contribution in [2.45, 2.75) is 11.8 Å². The molecule has 1 aromatic carbocycles. The third kappa shape index (κ3) is 3.52. The van der Waals surface area contributed by atoms with E-state index >= 15 is 0 Å². The van der Waals surface area contributed by atoms with Crippen LogP contribution in [0.3, 0.4) is 0 Å². The molecule has 0 aliphatic carbocycles. The van der Waals surface area contributed by atoms with Crippen molar-refractivity contribution in [2.24, 2.45) is 0 Å². The van der Waals surface area contributed by atoms with Crippen molar-refractivity contribution in [1.82, 2.24) is 4.98 Å². The van der Waals surface area contributed by atoms with E-state index in [1.54, 1.807) is 13.0 Å². The van der Waals surface area contributed by atoms with Gasteiger partial charge in [-0.2, -0.15) is 0 Å². The lowest BCUT2D eigenvalue weighted by Crippen LogP contribution is -2.15. The van der Waals surface area contributed by atoms with Gasteiger partial charge in [0.15, 0.2) is 5.15 Å². The van der Waals surface area contributed by atoms with E-state index in [0.717, 1.165) is 5.56 Å². The third-order valence-corrected chi connectivity index (χ3v) is 5.10. The first-order valence-corrected chi connectivity index (χ1v) is 8.22. The molecule has 3 N–H and O–H groups in total. The number of nitrogens with one attached hydrogen (secondary N) is 1. The Bertz CT molecular complexity index is 786. The van der Waals surface area contributed by atoms with E-state index in [1.807, 2.05) is 0 Å². The van der Waals surface area contributed by atoms with Crippen LogP contribution in [-0.4, -0.2) is 13.4 Å². The first kappa shape index (κ1) is 16.2. The molecule has 0 unspecified atom stereocenters. The first-order chi connectivity index (χ1) is 9.70. The van der Waals surface area contributed by atoms with Crippen molar-refractivity contribution in [3.63, 3.8) is 0 Å². The van der Waals surface area contributed by atoms with E-state index < -0.39 is 10.0 Å². The molecule has 1 aromatic heterocycles. The Morgan fingerprint density at radius 1 is 1.14 bits per heavy atom. The Morgan fingerprint density at radius 2 is 1.71 bits per heavy atom. The zero-order chi connectivity index (χ0) is 15.8. The number of rotatable bonds is 3. The highest BCUT2D eigenvalue weighted by atomic mass is 35.5. The molecule has 0 saturated heterocycles. The number of anilines is 2. The van der Waals surface area contributed by atoms with Crippen LogP contribution in [0.15, 0.2) is 29.3 Å². The predicted molar refractivity (Wildman–Crippen MR) is 85.7 cm³/mol. The number of pyridine rings is 1. The SMILES string of the molecule is Cc1cnc(Cl)c(NS(=O)(=O)c2c(Cl)cc(N)cc2Cl)c1. The van der Waals surface area contributed by atoms with Gasteiger partial charge < -0.3 is 5.73 Å². The zero-order valence-corrected chi connectivity index (χ0v) is 13.8. The number of hydrogen-bond donors (Lipinski definition) is 2. The molecule has 0 fully saturated rings. The van der Waals surface area contributed by atoms with Gasteiger partial charge in [0.1, 0.15) is 4.90 Å². The van der Waals surface area contributed by atoms with Gasteiger partial charge in [0.25, 0.3) is 10.0 Å². The van der Waals surface area contributed by atoms with Gasteiger partial charge in [-0.15, -0.1) is 0 Å². The molecule has 0 atom stereocenters. The van der Waals surface area contributed by atoms with Crippen molar-refractivity contribution < 1.29 is 8.42 Å². The molecule has 0 saturated carbocycles.